The summed E-state index contributed by atoms with van der Waals surface area (Å²) in [4.78, 5) is 16.9. The topological polar surface area (TPSA) is 45.3 Å². The van der Waals surface area contributed by atoms with Crippen LogP contribution in [-0.4, -0.2) is 42.1 Å². The first-order valence-corrected chi connectivity index (χ1v) is 6.31. The lowest BCUT2D eigenvalue weighted by atomic mass is 10.1. The van der Waals surface area contributed by atoms with Gasteiger partial charge < -0.3 is 14.6 Å². The third-order valence-corrected chi connectivity index (χ3v) is 3.10. The van der Waals surface area contributed by atoms with Gasteiger partial charge in [0.2, 0.25) is 0 Å². The molecule has 4 nitrogen and oxygen atoms in total. The number of nitrogens with one attached hydrogen (secondary N) is 1. The molecule has 1 N–H and O–H groups in total. The van der Waals surface area contributed by atoms with E-state index in [1.165, 1.54) is 0 Å². The van der Waals surface area contributed by atoms with Crippen LogP contribution in [0.1, 0.15) is 30.3 Å². The smallest absolute Gasteiger partial charge is 0.270 e. The van der Waals surface area contributed by atoms with Gasteiger partial charge in [-0.05, 0) is 25.0 Å². The van der Waals surface area contributed by atoms with Crippen molar-refractivity contribution in [1.29, 1.82) is 0 Å². The van der Waals surface area contributed by atoms with Gasteiger partial charge in [0.15, 0.2) is 0 Å². The molecule has 0 aromatic carbocycles. The monoisotopic (exact) mass is 236 g/mol. The summed E-state index contributed by atoms with van der Waals surface area (Å²) in [7, 11) is 0. The summed E-state index contributed by atoms with van der Waals surface area (Å²) in [6.07, 6.45) is 3.89. The molecule has 17 heavy (non-hydrogen) atoms. The fourth-order valence-electron chi connectivity index (χ4n) is 2.18. The van der Waals surface area contributed by atoms with Crippen molar-refractivity contribution in [3.63, 3.8) is 0 Å². The number of carbonyl (C=O) groups is 1. The second-order valence-corrected chi connectivity index (χ2v) is 4.56. The van der Waals surface area contributed by atoms with E-state index in [0.717, 1.165) is 39.1 Å². The number of carbonyl (C=O) groups excluding carboxylic acids is 1. The van der Waals surface area contributed by atoms with Crippen molar-refractivity contribution in [2.24, 2.45) is 5.92 Å². The van der Waals surface area contributed by atoms with Crippen LogP contribution < -0.4 is 0 Å². The Hall–Kier alpha value is -1.29. The van der Waals surface area contributed by atoms with Crippen LogP contribution in [0.4, 0.5) is 0 Å². The van der Waals surface area contributed by atoms with E-state index in [-0.39, 0.29) is 5.91 Å². The zero-order valence-electron chi connectivity index (χ0n) is 10.3. The van der Waals surface area contributed by atoms with E-state index in [9.17, 15) is 4.79 Å². The lowest BCUT2D eigenvalue weighted by Gasteiger charge is -2.15. The highest BCUT2D eigenvalue weighted by molar-refractivity contribution is 5.92. The van der Waals surface area contributed by atoms with Gasteiger partial charge in [0.05, 0.1) is 6.61 Å². The number of H-pyrrole nitrogens is 1. The SMILES string of the molecule is CCCOC[C@@H]1CCN(C(=O)c2ccc[nH]2)C1. The molecule has 94 valence electrons. The molecule has 0 bridgehead atoms. The van der Waals surface area contributed by atoms with Gasteiger partial charge in [0, 0.05) is 31.8 Å². The standard InChI is InChI=1S/C13H20N2O2/c1-2-8-17-10-11-5-7-15(9-11)13(16)12-4-3-6-14-12/h3-4,6,11,14H,2,5,7-10H2,1H3/t11-/m1/s1. The van der Waals surface area contributed by atoms with E-state index in [4.69, 9.17) is 4.74 Å². The summed E-state index contributed by atoms with van der Waals surface area (Å²) < 4.78 is 5.54. The Morgan fingerprint density at radius 2 is 2.53 bits per heavy atom. The first-order chi connectivity index (χ1) is 8.31. The van der Waals surface area contributed by atoms with E-state index in [1.54, 1.807) is 6.20 Å². The molecule has 1 saturated heterocycles. The van der Waals surface area contributed by atoms with Crippen molar-refractivity contribution in [2.45, 2.75) is 19.8 Å². The van der Waals surface area contributed by atoms with Crippen molar-refractivity contribution < 1.29 is 9.53 Å². The molecule has 2 rings (SSSR count). The Bertz CT molecular complexity index is 348. The second kappa shape index (κ2) is 5.87. The summed E-state index contributed by atoms with van der Waals surface area (Å²) in [6, 6.07) is 3.67. The first-order valence-electron chi connectivity index (χ1n) is 6.31. The van der Waals surface area contributed by atoms with Crippen molar-refractivity contribution in [1.82, 2.24) is 9.88 Å². The maximum atomic E-state index is 12.0. The highest BCUT2D eigenvalue weighted by Crippen LogP contribution is 2.18. The summed E-state index contributed by atoms with van der Waals surface area (Å²) in [5.41, 5.74) is 0.681. The summed E-state index contributed by atoms with van der Waals surface area (Å²) in [5.74, 6) is 0.605. The minimum absolute atomic E-state index is 0.105. The summed E-state index contributed by atoms with van der Waals surface area (Å²) in [6.45, 7) is 5.37. The molecule has 1 aromatic heterocycles. The largest absolute Gasteiger partial charge is 0.381 e. The molecule has 1 aliphatic heterocycles. The Morgan fingerprint density at radius 3 is 3.24 bits per heavy atom. The minimum atomic E-state index is 0.105. The Labute approximate surface area is 102 Å². The predicted octanol–water partition coefficient (Wildman–Crippen LogP) is 1.90. The van der Waals surface area contributed by atoms with Crippen molar-refractivity contribution in [3.05, 3.63) is 24.0 Å². The quantitative estimate of drug-likeness (QED) is 0.794. The highest BCUT2D eigenvalue weighted by atomic mass is 16.5. The molecular formula is C13H20N2O2. The van der Waals surface area contributed by atoms with Gasteiger partial charge in [-0.2, -0.15) is 0 Å². The number of amides is 1. The fraction of sp³-hybridized carbons (Fsp3) is 0.615. The maximum absolute atomic E-state index is 12.0. The molecule has 0 radical (unpaired) electrons. The fourth-order valence-corrected chi connectivity index (χ4v) is 2.18. The zero-order valence-corrected chi connectivity index (χ0v) is 10.3. The third kappa shape index (κ3) is 3.09. The molecule has 1 aliphatic rings. The second-order valence-electron chi connectivity index (χ2n) is 4.56. The molecule has 1 atom stereocenters. The lowest BCUT2D eigenvalue weighted by Crippen LogP contribution is -2.29. The summed E-state index contributed by atoms with van der Waals surface area (Å²) >= 11 is 0. The van der Waals surface area contributed by atoms with Crippen LogP contribution in [0.15, 0.2) is 18.3 Å². The van der Waals surface area contributed by atoms with E-state index in [2.05, 4.69) is 11.9 Å². The zero-order chi connectivity index (χ0) is 12.1. The lowest BCUT2D eigenvalue weighted by molar-refractivity contribution is 0.0750. The number of likely N-dealkylation sites (tertiary alicyclic amines) is 1. The normalized spacial score (nSPS) is 19.8. The maximum Gasteiger partial charge on any atom is 0.270 e. The van der Waals surface area contributed by atoms with E-state index in [0.29, 0.717) is 11.6 Å². The molecule has 1 aromatic rings. The summed E-state index contributed by atoms with van der Waals surface area (Å²) in [5, 5.41) is 0. The number of aromatic amines is 1. The van der Waals surface area contributed by atoms with Crippen LogP contribution in [0.25, 0.3) is 0 Å². The van der Waals surface area contributed by atoms with Gasteiger partial charge in [0.1, 0.15) is 5.69 Å². The molecule has 1 fully saturated rings. The van der Waals surface area contributed by atoms with E-state index in [1.807, 2.05) is 17.0 Å². The van der Waals surface area contributed by atoms with Gasteiger partial charge in [-0.3, -0.25) is 4.79 Å². The van der Waals surface area contributed by atoms with Crippen LogP contribution in [0.5, 0.6) is 0 Å². The highest BCUT2D eigenvalue weighted by Gasteiger charge is 2.27. The van der Waals surface area contributed by atoms with Crippen LogP contribution >= 0.6 is 0 Å². The minimum Gasteiger partial charge on any atom is -0.381 e. The molecule has 2 heterocycles. The average Bonchev–Trinajstić information content (AvgIpc) is 3.00. The van der Waals surface area contributed by atoms with Crippen molar-refractivity contribution in [3.8, 4) is 0 Å². The van der Waals surface area contributed by atoms with E-state index < -0.39 is 0 Å². The van der Waals surface area contributed by atoms with Crippen LogP contribution in [0.2, 0.25) is 0 Å². The van der Waals surface area contributed by atoms with Gasteiger partial charge in [0.25, 0.3) is 5.91 Å². The Balaban J connectivity index is 1.79. The molecule has 0 saturated carbocycles. The van der Waals surface area contributed by atoms with Gasteiger partial charge in [-0.1, -0.05) is 6.92 Å². The van der Waals surface area contributed by atoms with Crippen LogP contribution in [0.3, 0.4) is 0 Å². The molecule has 0 unspecified atom stereocenters. The van der Waals surface area contributed by atoms with Crippen molar-refractivity contribution in [2.75, 3.05) is 26.3 Å². The van der Waals surface area contributed by atoms with Gasteiger partial charge >= 0.3 is 0 Å². The molecular weight excluding hydrogens is 216 g/mol. The number of ether oxygens (including phenoxy) is 1. The number of aromatic nitrogens is 1. The first kappa shape index (κ1) is 12.2. The van der Waals surface area contributed by atoms with Crippen LogP contribution in [-0.2, 0) is 4.74 Å². The van der Waals surface area contributed by atoms with Gasteiger partial charge in [-0.25, -0.2) is 0 Å². The molecule has 1 amide bonds. The number of nitrogens with zero attached hydrogens (tertiary/aromatic N) is 1. The van der Waals surface area contributed by atoms with Gasteiger partial charge in [-0.15, -0.1) is 0 Å². The average molecular weight is 236 g/mol. The molecule has 0 aliphatic carbocycles. The van der Waals surface area contributed by atoms with Crippen LogP contribution in [0, 0.1) is 5.92 Å². The molecule has 0 spiro atoms. The van der Waals surface area contributed by atoms with E-state index >= 15 is 0 Å². The molecule has 4 heteroatoms. The Kier molecular flexibility index (Phi) is 4.20. The number of hydrogen-bond acceptors (Lipinski definition) is 2. The Morgan fingerprint density at radius 1 is 1.65 bits per heavy atom. The third-order valence-electron chi connectivity index (χ3n) is 3.10. The predicted molar refractivity (Wildman–Crippen MR) is 65.9 cm³/mol. The number of hydrogen-bond donors (Lipinski definition) is 1. The number of rotatable bonds is 5. The van der Waals surface area contributed by atoms with Crippen molar-refractivity contribution >= 4 is 5.91 Å².